The molecule has 1 aliphatic rings. The van der Waals surface area contributed by atoms with Crippen molar-refractivity contribution >= 4 is 6.21 Å². The number of ether oxygens (including phenoxy) is 2. The molecule has 1 aromatic rings. The number of hydrazone groups is 1. The molecule has 122 valence electrons. The molecule has 0 unspecified atom stereocenters. The Kier molecular flexibility index (Phi) is 6.36. The van der Waals surface area contributed by atoms with Crippen LogP contribution in [0.2, 0.25) is 0 Å². The molecule has 0 spiro atoms. The van der Waals surface area contributed by atoms with Gasteiger partial charge in [0, 0.05) is 13.7 Å². The predicted molar refractivity (Wildman–Crippen MR) is 88.5 cm³/mol. The first-order valence-corrected chi connectivity index (χ1v) is 7.84. The lowest BCUT2D eigenvalue weighted by atomic mass is 9.97. The lowest BCUT2D eigenvalue weighted by Crippen LogP contribution is -2.51. The first kappa shape index (κ1) is 16.9. The van der Waals surface area contributed by atoms with E-state index in [0.717, 1.165) is 19.4 Å². The van der Waals surface area contributed by atoms with Crippen LogP contribution >= 0.6 is 0 Å². The molecule has 0 aromatic heterocycles. The molecule has 0 saturated carbocycles. The molecular formula is C17H27N3O2. The molecule has 1 atom stereocenters. The van der Waals surface area contributed by atoms with E-state index in [1.807, 2.05) is 18.2 Å². The number of hydrazine groups is 1. The summed E-state index contributed by atoms with van der Waals surface area (Å²) in [6.07, 6.45) is 4.04. The highest BCUT2D eigenvalue weighted by Gasteiger charge is 2.37. The third kappa shape index (κ3) is 4.80. The fourth-order valence-electron chi connectivity index (χ4n) is 2.70. The number of nitrogens with zero attached hydrogens (tertiary/aromatic N) is 2. The van der Waals surface area contributed by atoms with Crippen molar-refractivity contribution < 1.29 is 9.47 Å². The van der Waals surface area contributed by atoms with Crippen LogP contribution < -0.4 is 5.53 Å². The van der Waals surface area contributed by atoms with E-state index in [0.29, 0.717) is 19.3 Å². The van der Waals surface area contributed by atoms with Gasteiger partial charge >= 0.3 is 0 Å². The molecule has 1 saturated heterocycles. The summed E-state index contributed by atoms with van der Waals surface area (Å²) in [6, 6.07) is 10.5. The molecule has 5 heteroatoms. The Morgan fingerprint density at radius 2 is 2.14 bits per heavy atom. The molecule has 0 amide bonds. The second-order valence-electron chi connectivity index (χ2n) is 6.07. The second-order valence-corrected chi connectivity index (χ2v) is 6.07. The normalized spacial score (nSPS) is 19.9. The lowest BCUT2D eigenvalue weighted by Gasteiger charge is -2.35. The van der Waals surface area contributed by atoms with Crippen LogP contribution in [0.15, 0.2) is 35.4 Å². The van der Waals surface area contributed by atoms with E-state index in [-0.39, 0.29) is 5.60 Å². The summed E-state index contributed by atoms with van der Waals surface area (Å²) in [4.78, 5) is 0. The lowest BCUT2D eigenvalue weighted by molar-refractivity contribution is -0.0532. The van der Waals surface area contributed by atoms with Crippen LogP contribution in [0.1, 0.15) is 32.3 Å². The van der Waals surface area contributed by atoms with Crippen LogP contribution in [0.3, 0.4) is 0 Å². The molecule has 1 aromatic carbocycles. The standard InChI is InChI=1S/C17H27N3O2/c1-17(2,21-3)16-10-7-12-20(16)19-18-11-13-22-14-15-8-5-4-6-9-15/h4-6,8-9,11,16,19H,7,10,12-14H2,1-3H3/b18-11+/t16-/m0/s1. The number of benzene rings is 1. The number of rotatable bonds is 8. The van der Waals surface area contributed by atoms with Crippen LogP contribution in [-0.4, -0.2) is 43.1 Å². The third-order valence-electron chi connectivity index (χ3n) is 4.16. The fraction of sp³-hybridized carbons (Fsp3) is 0.588. The van der Waals surface area contributed by atoms with Crippen molar-refractivity contribution in [3.8, 4) is 0 Å². The zero-order chi connectivity index (χ0) is 15.8. The Morgan fingerprint density at radius 3 is 2.86 bits per heavy atom. The van der Waals surface area contributed by atoms with E-state index >= 15 is 0 Å². The predicted octanol–water partition coefficient (Wildman–Crippen LogP) is 2.58. The summed E-state index contributed by atoms with van der Waals surface area (Å²) in [5.74, 6) is 0. The van der Waals surface area contributed by atoms with Gasteiger partial charge in [0.15, 0.2) is 0 Å². The van der Waals surface area contributed by atoms with Crippen molar-refractivity contribution in [1.82, 2.24) is 10.5 Å². The topological polar surface area (TPSA) is 46.1 Å². The third-order valence-corrected chi connectivity index (χ3v) is 4.16. The Balaban J connectivity index is 1.69. The molecule has 1 heterocycles. The summed E-state index contributed by atoms with van der Waals surface area (Å²) in [7, 11) is 1.76. The van der Waals surface area contributed by atoms with Crippen LogP contribution in [0, 0.1) is 0 Å². The van der Waals surface area contributed by atoms with E-state index < -0.39 is 0 Å². The maximum absolute atomic E-state index is 5.59. The Labute approximate surface area is 133 Å². The minimum atomic E-state index is -0.178. The van der Waals surface area contributed by atoms with E-state index in [4.69, 9.17) is 9.47 Å². The van der Waals surface area contributed by atoms with Gasteiger partial charge in [0.25, 0.3) is 0 Å². The number of nitrogens with one attached hydrogen (secondary N) is 1. The van der Waals surface area contributed by atoms with Crippen LogP contribution in [0.4, 0.5) is 0 Å². The highest BCUT2D eigenvalue weighted by atomic mass is 16.5. The minimum absolute atomic E-state index is 0.178. The largest absolute Gasteiger partial charge is 0.377 e. The maximum Gasteiger partial charge on any atom is 0.0841 e. The number of hydrogen-bond donors (Lipinski definition) is 1. The molecule has 0 bridgehead atoms. The fourth-order valence-corrected chi connectivity index (χ4v) is 2.70. The maximum atomic E-state index is 5.59. The van der Waals surface area contributed by atoms with Gasteiger partial charge in [-0.2, -0.15) is 5.10 Å². The van der Waals surface area contributed by atoms with E-state index in [2.05, 4.69) is 41.6 Å². The zero-order valence-electron chi connectivity index (χ0n) is 13.8. The average Bonchev–Trinajstić information content (AvgIpc) is 3.01. The van der Waals surface area contributed by atoms with Crippen LogP contribution in [0.5, 0.6) is 0 Å². The van der Waals surface area contributed by atoms with Crippen molar-refractivity contribution in [3.05, 3.63) is 35.9 Å². The molecule has 0 aliphatic carbocycles. The first-order chi connectivity index (χ1) is 10.6. The van der Waals surface area contributed by atoms with E-state index in [9.17, 15) is 0 Å². The van der Waals surface area contributed by atoms with Crippen molar-refractivity contribution in [3.63, 3.8) is 0 Å². The highest BCUT2D eigenvalue weighted by Crippen LogP contribution is 2.27. The van der Waals surface area contributed by atoms with Gasteiger partial charge in [-0.25, -0.2) is 10.5 Å². The van der Waals surface area contributed by atoms with Crippen LogP contribution in [-0.2, 0) is 16.1 Å². The molecule has 0 radical (unpaired) electrons. The SMILES string of the molecule is COC(C)(C)[C@@H]1CCCN1N/N=C/COCc1ccccc1. The summed E-state index contributed by atoms with van der Waals surface area (Å²) >= 11 is 0. The van der Waals surface area contributed by atoms with Crippen molar-refractivity contribution in [1.29, 1.82) is 0 Å². The van der Waals surface area contributed by atoms with Crippen molar-refractivity contribution in [2.45, 2.75) is 44.9 Å². The molecular weight excluding hydrogens is 278 g/mol. The molecule has 22 heavy (non-hydrogen) atoms. The summed E-state index contributed by atoms with van der Waals surface area (Å²) < 4.78 is 11.2. The zero-order valence-corrected chi connectivity index (χ0v) is 13.8. The van der Waals surface area contributed by atoms with Gasteiger partial charge in [0.05, 0.1) is 31.1 Å². The molecule has 5 nitrogen and oxygen atoms in total. The van der Waals surface area contributed by atoms with Gasteiger partial charge in [0.2, 0.25) is 0 Å². The first-order valence-electron chi connectivity index (χ1n) is 7.84. The van der Waals surface area contributed by atoms with Gasteiger partial charge in [-0.1, -0.05) is 30.3 Å². The van der Waals surface area contributed by atoms with Crippen LogP contribution in [0.25, 0.3) is 0 Å². The monoisotopic (exact) mass is 305 g/mol. The van der Waals surface area contributed by atoms with E-state index in [1.54, 1.807) is 13.3 Å². The Bertz CT molecular complexity index is 462. The van der Waals surface area contributed by atoms with Crippen molar-refractivity contribution in [2.75, 3.05) is 20.3 Å². The average molecular weight is 305 g/mol. The highest BCUT2D eigenvalue weighted by molar-refractivity contribution is 5.57. The summed E-state index contributed by atoms with van der Waals surface area (Å²) in [5.41, 5.74) is 4.11. The molecule has 1 fully saturated rings. The number of methoxy groups -OCH3 is 1. The Hall–Kier alpha value is -1.43. The van der Waals surface area contributed by atoms with Gasteiger partial charge < -0.3 is 9.47 Å². The van der Waals surface area contributed by atoms with Gasteiger partial charge in [-0.15, -0.1) is 0 Å². The second kappa shape index (κ2) is 8.27. The van der Waals surface area contributed by atoms with E-state index in [1.165, 1.54) is 5.56 Å². The molecule has 2 rings (SSSR count). The summed E-state index contributed by atoms with van der Waals surface area (Å²) in [6.45, 7) is 6.32. The van der Waals surface area contributed by atoms with Crippen molar-refractivity contribution in [2.24, 2.45) is 5.10 Å². The quantitative estimate of drug-likeness (QED) is 0.455. The Morgan fingerprint density at radius 1 is 1.36 bits per heavy atom. The molecule has 1 aliphatic heterocycles. The van der Waals surface area contributed by atoms with Gasteiger partial charge in [-0.05, 0) is 32.3 Å². The number of hydrogen-bond acceptors (Lipinski definition) is 5. The van der Waals surface area contributed by atoms with Gasteiger partial charge in [-0.3, -0.25) is 0 Å². The minimum Gasteiger partial charge on any atom is -0.377 e. The molecule has 1 N–H and O–H groups in total. The van der Waals surface area contributed by atoms with Gasteiger partial charge in [0.1, 0.15) is 0 Å². The summed E-state index contributed by atoms with van der Waals surface area (Å²) in [5, 5.41) is 6.40. The smallest absolute Gasteiger partial charge is 0.0841 e.